The number of nitrogens with zero attached hydrogens (tertiary/aromatic N) is 3. The number of hydrogen-bond donors (Lipinski definition) is 1. The van der Waals surface area contributed by atoms with E-state index in [0.717, 1.165) is 5.92 Å². The van der Waals surface area contributed by atoms with Crippen molar-refractivity contribution < 1.29 is 5.11 Å². The van der Waals surface area contributed by atoms with Crippen molar-refractivity contribution in [1.82, 2.24) is 14.7 Å². The highest BCUT2D eigenvalue weighted by molar-refractivity contribution is 5.09. The van der Waals surface area contributed by atoms with E-state index in [4.69, 9.17) is 5.11 Å². The van der Waals surface area contributed by atoms with Gasteiger partial charge >= 0.3 is 0 Å². The summed E-state index contributed by atoms with van der Waals surface area (Å²) in [6, 6.07) is 2.12. The molecule has 4 nitrogen and oxygen atoms in total. The first-order valence-electron chi connectivity index (χ1n) is 8.13. The second-order valence-corrected chi connectivity index (χ2v) is 5.96. The molecule has 1 aliphatic rings. The molecule has 4 heteroatoms. The fourth-order valence-corrected chi connectivity index (χ4v) is 3.29. The minimum absolute atomic E-state index is 0.169. The predicted octanol–water partition coefficient (Wildman–Crippen LogP) is 2.49. The van der Waals surface area contributed by atoms with E-state index in [1.807, 2.05) is 10.9 Å². The van der Waals surface area contributed by atoms with E-state index in [1.165, 1.54) is 51.0 Å². The van der Waals surface area contributed by atoms with Crippen LogP contribution in [0.25, 0.3) is 0 Å². The van der Waals surface area contributed by atoms with Gasteiger partial charge in [-0.15, -0.1) is 0 Å². The van der Waals surface area contributed by atoms with E-state index in [0.29, 0.717) is 12.5 Å². The third-order valence-electron chi connectivity index (χ3n) is 4.74. The molecule has 0 atom stereocenters. The summed E-state index contributed by atoms with van der Waals surface area (Å²) >= 11 is 0. The summed E-state index contributed by atoms with van der Waals surface area (Å²) in [6.07, 6.45) is 6.88. The van der Waals surface area contributed by atoms with Crippen LogP contribution in [0.5, 0.6) is 0 Å². The summed E-state index contributed by atoms with van der Waals surface area (Å²) in [5, 5.41) is 13.4. The smallest absolute Gasteiger partial charge is 0.0644 e. The number of likely N-dealkylation sites (tertiary alicyclic amines) is 1. The van der Waals surface area contributed by atoms with Crippen LogP contribution in [0.4, 0.5) is 0 Å². The highest BCUT2D eigenvalue weighted by Crippen LogP contribution is 2.28. The van der Waals surface area contributed by atoms with Crippen LogP contribution in [-0.2, 0) is 6.54 Å². The fraction of sp³-hybridized carbons (Fsp3) is 0.812. The topological polar surface area (TPSA) is 41.3 Å². The van der Waals surface area contributed by atoms with E-state index < -0.39 is 0 Å². The monoisotopic (exact) mass is 279 g/mol. The summed E-state index contributed by atoms with van der Waals surface area (Å²) in [6.45, 7) is 9.05. The van der Waals surface area contributed by atoms with Crippen molar-refractivity contribution in [2.45, 2.75) is 52.0 Å². The molecule has 1 aliphatic heterocycles. The van der Waals surface area contributed by atoms with E-state index in [9.17, 15) is 0 Å². The highest BCUT2D eigenvalue weighted by atomic mass is 16.3. The molecule has 2 rings (SSSR count). The van der Waals surface area contributed by atoms with Crippen LogP contribution in [0.3, 0.4) is 0 Å². The molecule has 0 saturated carbocycles. The Morgan fingerprint density at radius 2 is 2.00 bits per heavy atom. The molecule has 2 heterocycles. The first-order chi connectivity index (χ1) is 9.78. The summed E-state index contributed by atoms with van der Waals surface area (Å²) in [4.78, 5) is 2.63. The Bertz CT molecular complexity index is 379. The van der Waals surface area contributed by atoms with Crippen molar-refractivity contribution in [2.75, 3.05) is 26.2 Å². The number of hydrogen-bond acceptors (Lipinski definition) is 3. The van der Waals surface area contributed by atoms with Crippen molar-refractivity contribution in [3.8, 4) is 0 Å². The van der Waals surface area contributed by atoms with Gasteiger partial charge in [-0.2, -0.15) is 5.10 Å². The molecule has 0 unspecified atom stereocenters. The third-order valence-corrected chi connectivity index (χ3v) is 4.74. The minimum atomic E-state index is 0.169. The van der Waals surface area contributed by atoms with Crippen LogP contribution >= 0.6 is 0 Å². The average molecular weight is 279 g/mol. The van der Waals surface area contributed by atoms with Crippen molar-refractivity contribution >= 4 is 0 Å². The summed E-state index contributed by atoms with van der Waals surface area (Å²) in [5.74, 6) is 1.47. The van der Waals surface area contributed by atoms with Crippen LogP contribution in [0.15, 0.2) is 12.3 Å². The molecule has 20 heavy (non-hydrogen) atoms. The SMILES string of the molecule is CCC(CC)CN1CCC(c2ccnn2CCO)CC1. The lowest BCUT2D eigenvalue weighted by atomic mass is 9.92. The maximum atomic E-state index is 9.09. The van der Waals surface area contributed by atoms with E-state index in [-0.39, 0.29) is 6.61 Å². The maximum absolute atomic E-state index is 9.09. The third kappa shape index (κ3) is 3.83. The van der Waals surface area contributed by atoms with E-state index in [1.54, 1.807) is 0 Å². The lowest BCUT2D eigenvalue weighted by molar-refractivity contribution is 0.174. The largest absolute Gasteiger partial charge is 0.394 e. The molecule has 0 radical (unpaired) electrons. The Morgan fingerprint density at radius 3 is 2.60 bits per heavy atom. The molecule has 1 fully saturated rings. The van der Waals surface area contributed by atoms with Crippen LogP contribution in [0.1, 0.15) is 51.1 Å². The van der Waals surface area contributed by atoms with Gasteiger partial charge in [0.2, 0.25) is 0 Å². The van der Waals surface area contributed by atoms with Gasteiger partial charge < -0.3 is 10.0 Å². The van der Waals surface area contributed by atoms with E-state index >= 15 is 0 Å². The first kappa shape index (κ1) is 15.5. The lowest BCUT2D eigenvalue weighted by Crippen LogP contribution is -2.36. The standard InChI is InChI=1S/C16H29N3O/c1-3-14(4-2)13-18-9-6-15(7-10-18)16-5-8-17-19(16)11-12-20/h5,8,14-15,20H,3-4,6-7,9-13H2,1-2H3. The molecule has 0 aromatic carbocycles. The van der Waals surface area contributed by atoms with Gasteiger partial charge in [-0.05, 0) is 37.9 Å². The molecular formula is C16H29N3O. The Balaban J connectivity index is 1.86. The first-order valence-corrected chi connectivity index (χ1v) is 8.13. The average Bonchev–Trinajstić information content (AvgIpc) is 2.94. The zero-order valence-electron chi connectivity index (χ0n) is 13.0. The molecule has 1 aromatic rings. The number of piperidine rings is 1. The van der Waals surface area contributed by atoms with Crippen LogP contribution < -0.4 is 0 Å². The molecule has 0 amide bonds. The van der Waals surface area contributed by atoms with Crippen LogP contribution in [0, 0.1) is 5.92 Å². The molecule has 114 valence electrons. The van der Waals surface area contributed by atoms with Gasteiger partial charge in [-0.1, -0.05) is 26.7 Å². The van der Waals surface area contributed by atoms with Crippen LogP contribution in [0.2, 0.25) is 0 Å². The Labute approximate surface area is 122 Å². The molecule has 1 saturated heterocycles. The highest BCUT2D eigenvalue weighted by Gasteiger charge is 2.24. The number of aromatic nitrogens is 2. The summed E-state index contributed by atoms with van der Waals surface area (Å²) < 4.78 is 1.97. The molecule has 1 N–H and O–H groups in total. The van der Waals surface area contributed by atoms with Crippen molar-refractivity contribution in [1.29, 1.82) is 0 Å². The quantitative estimate of drug-likeness (QED) is 0.834. The predicted molar refractivity (Wildman–Crippen MR) is 81.8 cm³/mol. The number of aliphatic hydroxyl groups is 1. The van der Waals surface area contributed by atoms with E-state index in [2.05, 4.69) is 29.9 Å². The van der Waals surface area contributed by atoms with Crippen molar-refractivity contribution in [3.63, 3.8) is 0 Å². The Hall–Kier alpha value is -0.870. The minimum Gasteiger partial charge on any atom is -0.394 e. The maximum Gasteiger partial charge on any atom is 0.0644 e. The van der Waals surface area contributed by atoms with Gasteiger partial charge in [0.1, 0.15) is 0 Å². The van der Waals surface area contributed by atoms with Gasteiger partial charge in [0.15, 0.2) is 0 Å². The zero-order chi connectivity index (χ0) is 14.4. The van der Waals surface area contributed by atoms with Gasteiger partial charge in [-0.3, -0.25) is 4.68 Å². The summed E-state index contributed by atoms with van der Waals surface area (Å²) in [7, 11) is 0. The molecule has 1 aromatic heterocycles. The van der Waals surface area contributed by atoms with Gasteiger partial charge in [0, 0.05) is 24.4 Å². The van der Waals surface area contributed by atoms with Gasteiger partial charge in [-0.25, -0.2) is 0 Å². The molecule has 0 spiro atoms. The van der Waals surface area contributed by atoms with Gasteiger partial charge in [0.05, 0.1) is 13.2 Å². The Kier molecular flexibility index (Phi) is 6.05. The second-order valence-electron chi connectivity index (χ2n) is 5.96. The molecular weight excluding hydrogens is 250 g/mol. The normalized spacial score (nSPS) is 18.0. The van der Waals surface area contributed by atoms with Crippen molar-refractivity contribution in [3.05, 3.63) is 18.0 Å². The molecule has 0 aliphatic carbocycles. The lowest BCUT2D eigenvalue weighted by Gasteiger charge is -2.34. The van der Waals surface area contributed by atoms with Crippen molar-refractivity contribution in [2.24, 2.45) is 5.92 Å². The number of aliphatic hydroxyl groups excluding tert-OH is 1. The second kappa shape index (κ2) is 7.79. The Morgan fingerprint density at radius 1 is 1.30 bits per heavy atom. The number of rotatable bonds is 7. The van der Waals surface area contributed by atoms with Crippen LogP contribution in [-0.4, -0.2) is 46.0 Å². The fourth-order valence-electron chi connectivity index (χ4n) is 3.29. The zero-order valence-corrected chi connectivity index (χ0v) is 13.0. The molecule has 0 bridgehead atoms. The summed E-state index contributed by atoms with van der Waals surface area (Å²) in [5.41, 5.74) is 1.31. The van der Waals surface area contributed by atoms with Gasteiger partial charge in [0.25, 0.3) is 0 Å².